The van der Waals surface area contributed by atoms with Crippen molar-refractivity contribution < 1.29 is 24.9 Å². The highest BCUT2D eigenvalue weighted by molar-refractivity contribution is 9.09. The van der Waals surface area contributed by atoms with Crippen LogP contribution < -0.4 is 5.73 Å². The molecule has 0 unspecified atom stereocenters. The Morgan fingerprint density at radius 2 is 2.22 bits per heavy atom. The van der Waals surface area contributed by atoms with Crippen molar-refractivity contribution in [2.24, 2.45) is 0 Å². The van der Waals surface area contributed by atoms with Gasteiger partial charge in [-0.05, 0) is 0 Å². The van der Waals surface area contributed by atoms with Gasteiger partial charge < -0.3 is 25.8 Å². The fourth-order valence-electron chi connectivity index (χ4n) is 2.66. The number of ether oxygens (including phenoxy) is 1. The summed E-state index contributed by atoms with van der Waals surface area (Å²) < 4.78 is 6.82. The average Bonchev–Trinajstić information content (AvgIpc) is 3.08. The van der Waals surface area contributed by atoms with Gasteiger partial charge in [0, 0.05) is 0 Å². The van der Waals surface area contributed by atoms with Gasteiger partial charge in [-0.2, -0.15) is 0 Å². The van der Waals surface area contributed by atoms with E-state index in [1.54, 1.807) is 0 Å². The summed E-state index contributed by atoms with van der Waals surface area (Å²) in [6.07, 6.45) is -1.55. The summed E-state index contributed by atoms with van der Waals surface area (Å²) in [4.78, 5) is 23.9. The molecule has 0 bridgehead atoms. The quantitative estimate of drug-likeness (QED) is 0.451. The molecule has 23 heavy (non-hydrogen) atoms. The van der Waals surface area contributed by atoms with Crippen molar-refractivity contribution in [3.63, 3.8) is 0 Å². The number of aliphatic hydroxyl groups is 3. The largest absolute Gasteiger partial charge is 0.394 e. The van der Waals surface area contributed by atoms with E-state index in [0.717, 1.165) is 0 Å². The molecular weight excluding hydrogens is 374 g/mol. The maximum atomic E-state index is 12.0. The number of nitrogens with two attached hydrogens (primary N) is 1. The van der Waals surface area contributed by atoms with Crippen LogP contribution in [-0.2, 0) is 9.53 Å². The summed E-state index contributed by atoms with van der Waals surface area (Å²) in [5, 5.41) is 30.2. The van der Waals surface area contributed by atoms with Gasteiger partial charge in [-0.1, -0.05) is 15.9 Å². The highest BCUT2D eigenvalue weighted by atomic mass is 79.9. The monoisotopic (exact) mass is 387 g/mol. The molecule has 3 rings (SSSR count). The van der Waals surface area contributed by atoms with Crippen molar-refractivity contribution in [2.45, 2.75) is 24.0 Å². The first-order valence-corrected chi connectivity index (χ1v) is 7.76. The Balaban J connectivity index is 2.07. The Morgan fingerprint density at radius 3 is 2.87 bits per heavy atom. The smallest absolute Gasteiger partial charge is 0.182 e. The number of fused-ring (bicyclic) bond motifs is 1. The lowest BCUT2D eigenvalue weighted by atomic mass is 9.88. The normalized spacial score (nSPS) is 30.9. The van der Waals surface area contributed by atoms with Gasteiger partial charge in [-0.25, -0.2) is 15.0 Å². The van der Waals surface area contributed by atoms with Crippen molar-refractivity contribution >= 4 is 38.7 Å². The van der Waals surface area contributed by atoms with Crippen LogP contribution in [0.3, 0.4) is 0 Å². The Hall–Kier alpha value is -1.66. The molecule has 5 N–H and O–H groups in total. The minimum Gasteiger partial charge on any atom is -0.394 e. The molecule has 2 aromatic heterocycles. The molecule has 10 nitrogen and oxygen atoms in total. The molecule has 1 saturated heterocycles. The Kier molecular flexibility index (Phi) is 4.06. The fourth-order valence-corrected chi connectivity index (χ4v) is 3.11. The molecular formula is C12H14BrN5O5. The molecule has 1 aliphatic rings. The van der Waals surface area contributed by atoms with E-state index in [2.05, 4.69) is 30.9 Å². The maximum Gasteiger partial charge on any atom is 0.182 e. The van der Waals surface area contributed by atoms with Crippen LogP contribution in [0.25, 0.3) is 11.2 Å². The number of carbonyl (C=O) groups is 1. The molecule has 0 aliphatic carbocycles. The van der Waals surface area contributed by atoms with Crippen LogP contribution in [0.2, 0.25) is 0 Å². The molecule has 0 saturated carbocycles. The third-order valence-electron chi connectivity index (χ3n) is 3.91. The zero-order valence-corrected chi connectivity index (χ0v) is 13.3. The molecule has 2 aromatic rings. The van der Waals surface area contributed by atoms with E-state index >= 15 is 0 Å². The summed E-state index contributed by atoms with van der Waals surface area (Å²) in [5.41, 5.74) is 4.02. The number of imidazole rings is 1. The molecule has 0 radical (unpaired) electrons. The number of carbonyl (C=O) groups excluding carboxylic acids is 1. The summed E-state index contributed by atoms with van der Waals surface area (Å²) in [6, 6.07) is 0. The molecule has 4 atom stereocenters. The van der Waals surface area contributed by atoms with Crippen LogP contribution in [0.15, 0.2) is 12.7 Å². The van der Waals surface area contributed by atoms with Crippen LogP contribution >= 0.6 is 15.9 Å². The lowest BCUT2D eigenvalue weighted by Crippen LogP contribution is -2.56. The van der Waals surface area contributed by atoms with E-state index < -0.39 is 36.4 Å². The number of aliphatic hydroxyl groups excluding tert-OH is 2. The van der Waals surface area contributed by atoms with E-state index in [-0.39, 0.29) is 16.8 Å². The second-order valence-electron chi connectivity index (χ2n) is 5.11. The first-order chi connectivity index (χ1) is 10.9. The minimum atomic E-state index is -2.25. The zero-order valence-electron chi connectivity index (χ0n) is 11.7. The molecule has 0 spiro atoms. The van der Waals surface area contributed by atoms with Crippen molar-refractivity contribution in [1.82, 2.24) is 19.5 Å². The van der Waals surface area contributed by atoms with Crippen LogP contribution in [0, 0.1) is 0 Å². The van der Waals surface area contributed by atoms with Crippen molar-refractivity contribution in [3.8, 4) is 0 Å². The second kappa shape index (κ2) is 5.76. The number of rotatable bonds is 4. The van der Waals surface area contributed by atoms with Crippen molar-refractivity contribution in [3.05, 3.63) is 12.7 Å². The van der Waals surface area contributed by atoms with E-state index in [0.29, 0.717) is 5.52 Å². The van der Waals surface area contributed by atoms with Crippen LogP contribution in [-0.4, -0.2) is 70.4 Å². The number of aromatic nitrogens is 4. The first kappa shape index (κ1) is 16.2. The van der Waals surface area contributed by atoms with Gasteiger partial charge >= 0.3 is 0 Å². The lowest BCUT2D eigenvalue weighted by molar-refractivity contribution is -0.151. The standard InChI is InChI=1S/C12H14BrN5O5/c13-1-5(20)12(22)6(2-19)23-11(8(12)21)18-4-17-7-9(14)15-3-16-10(7)18/h3-4,6,8,11,19,21-22H,1-2H2,(H2,14,15,16)/t6-,8+,11-,12-/m1/s1. The molecule has 3 heterocycles. The van der Waals surface area contributed by atoms with E-state index in [4.69, 9.17) is 10.5 Å². The summed E-state index contributed by atoms with van der Waals surface area (Å²) in [5.74, 6) is -0.558. The van der Waals surface area contributed by atoms with E-state index in [1.807, 2.05) is 0 Å². The van der Waals surface area contributed by atoms with Crippen LogP contribution in [0.5, 0.6) is 0 Å². The van der Waals surface area contributed by atoms with E-state index in [1.165, 1.54) is 17.2 Å². The fraction of sp³-hybridized carbons (Fsp3) is 0.500. The highest BCUT2D eigenvalue weighted by Gasteiger charge is 2.60. The SMILES string of the molecule is Nc1ncnc2c1ncn2[C@@H]1O[C@H](CO)[C@](O)(C(=O)CBr)[C@H]1O. The van der Waals surface area contributed by atoms with Gasteiger partial charge in [0.15, 0.2) is 29.1 Å². The molecule has 1 aliphatic heterocycles. The molecule has 124 valence electrons. The topological polar surface area (TPSA) is 157 Å². The van der Waals surface area contributed by atoms with Gasteiger partial charge in [-0.15, -0.1) is 0 Å². The van der Waals surface area contributed by atoms with E-state index in [9.17, 15) is 20.1 Å². The van der Waals surface area contributed by atoms with Crippen molar-refractivity contribution in [2.75, 3.05) is 17.7 Å². The van der Waals surface area contributed by atoms with Gasteiger partial charge in [-0.3, -0.25) is 9.36 Å². The number of Topliss-reactive ketones (excluding diaryl/α,β-unsaturated/α-hetero) is 1. The summed E-state index contributed by atoms with van der Waals surface area (Å²) >= 11 is 2.95. The third kappa shape index (κ3) is 2.23. The maximum absolute atomic E-state index is 12.0. The number of ketones is 1. The van der Waals surface area contributed by atoms with Crippen molar-refractivity contribution in [1.29, 1.82) is 0 Å². The first-order valence-electron chi connectivity index (χ1n) is 6.64. The molecule has 11 heteroatoms. The number of alkyl halides is 1. The molecule has 0 amide bonds. The number of anilines is 1. The Bertz CT molecular complexity index is 755. The highest BCUT2D eigenvalue weighted by Crippen LogP contribution is 2.39. The Morgan fingerprint density at radius 1 is 1.48 bits per heavy atom. The van der Waals surface area contributed by atoms with Gasteiger partial charge in [0.1, 0.15) is 24.1 Å². The average molecular weight is 388 g/mol. The number of halogens is 1. The predicted molar refractivity (Wildman–Crippen MR) is 80.5 cm³/mol. The van der Waals surface area contributed by atoms with Gasteiger partial charge in [0.05, 0.1) is 18.3 Å². The minimum absolute atomic E-state index is 0.145. The molecule has 0 aromatic carbocycles. The lowest BCUT2D eigenvalue weighted by Gasteiger charge is -2.27. The van der Waals surface area contributed by atoms with Crippen LogP contribution in [0.1, 0.15) is 6.23 Å². The second-order valence-corrected chi connectivity index (χ2v) is 5.67. The zero-order chi connectivity index (χ0) is 16.8. The number of nitrogens with zero attached hydrogens (tertiary/aromatic N) is 4. The van der Waals surface area contributed by atoms with Gasteiger partial charge in [0.25, 0.3) is 0 Å². The summed E-state index contributed by atoms with van der Waals surface area (Å²) in [6.45, 7) is -0.646. The number of hydrogen-bond donors (Lipinski definition) is 4. The van der Waals surface area contributed by atoms with Crippen LogP contribution in [0.4, 0.5) is 5.82 Å². The van der Waals surface area contributed by atoms with Gasteiger partial charge in [0.2, 0.25) is 0 Å². The predicted octanol–water partition coefficient (Wildman–Crippen LogP) is -1.65. The summed E-state index contributed by atoms with van der Waals surface area (Å²) in [7, 11) is 0. The third-order valence-corrected chi connectivity index (χ3v) is 4.42. The molecule has 1 fully saturated rings. The number of nitrogen functional groups attached to an aromatic ring is 1. The Labute approximate surface area is 138 Å². The number of hydrogen-bond acceptors (Lipinski definition) is 9.